The normalized spacial score (nSPS) is 31.0. The molecule has 1 saturated heterocycles. The Hall–Kier alpha value is -0.620. The van der Waals surface area contributed by atoms with Gasteiger partial charge in [-0.25, -0.2) is 8.42 Å². The maximum absolute atomic E-state index is 12.8. The van der Waals surface area contributed by atoms with Crippen LogP contribution in [0.1, 0.15) is 58.8 Å². The predicted octanol–water partition coefficient (Wildman–Crippen LogP) is 2.47. The summed E-state index contributed by atoms with van der Waals surface area (Å²) < 4.78 is 27.0. The third kappa shape index (κ3) is 3.97. The Balaban J connectivity index is 2.11. The van der Waals surface area contributed by atoms with Gasteiger partial charge in [0.1, 0.15) is 0 Å². The molecule has 1 aliphatic carbocycles. The molecular weight excluding hydrogens is 290 g/mol. The molecule has 1 N–H and O–H groups in total. The van der Waals surface area contributed by atoms with Crippen LogP contribution in [0.3, 0.4) is 0 Å². The Morgan fingerprint density at radius 3 is 2.43 bits per heavy atom. The molecule has 0 aromatic carbocycles. The van der Waals surface area contributed by atoms with Gasteiger partial charge in [0.25, 0.3) is 0 Å². The number of piperidine rings is 1. The molecule has 0 aromatic heterocycles. The fourth-order valence-electron chi connectivity index (χ4n) is 3.74. The molecule has 0 amide bonds. The van der Waals surface area contributed by atoms with Gasteiger partial charge in [-0.1, -0.05) is 26.2 Å². The zero-order valence-corrected chi connectivity index (χ0v) is 13.9. The molecule has 1 saturated carbocycles. The highest BCUT2D eigenvalue weighted by atomic mass is 32.2. The van der Waals surface area contributed by atoms with E-state index in [-0.39, 0.29) is 23.8 Å². The standard InChI is InChI=1S/C15H27NO4S/c1-12-6-7-13(14(17)18)10-16(12)21(19,20)11-15(2)8-4-3-5-9-15/h12-13H,3-11H2,1-2H3,(H,17,18). The van der Waals surface area contributed by atoms with Gasteiger partial charge in [-0.15, -0.1) is 0 Å². The summed E-state index contributed by atoms with van der Waals surface area (Å²) in [5.41, 5.74) is -0.146. The highest BCUT2D eigenvalue weighted by Crippen LogP contribution is 2.38. The molecule has 1 heterocycles. The summed E-state index contributed by atoms with van der Waals surface area (Å²) in [6, 6.07) is -0.0854. The molecule has 0 radical (unpaired) electrons. The fraction of sp³-hybridized carbons (Fsp3) is 0.933. The lowest BCUT2D eigenvalue weighted by Crippen LogP contribution is -2.50. The Labute approximate surface area is 127 Å². The first-order valence-electron chi connectivity index (χ1n) is 7.96. The number of sulfonamides is 1. The van der Waals surface area contributed by atoms with Gasteiger partial charge in [0, 0.05) is 12.6 Å². The summed E-state index contributed by atoms with van der Waals surface area (Å²) in [5, 5.41) is 9.16. The number of aliphatic carboxylic acids is 1. The van der Waals surface area contributed by atoms with E-state index in [4.69, 9.17) is 5.11 Å². The van der Waals surface area contributed by atoms with E-state index in [2.05, 4.69) is 6.92 Å². The van der Waals surface area contributed by atoms with E-state index in [0.717, 1.165) is 25.7 Å². The Kier molecular flexibility index (Phi) is 4.98. The smallest absolute Gasteiger partial charge is 0.307 e. The molecule has 2 atom stereocenters. The predicted molar refractivity (Wildman–Crippen MR) is 81.5 cm³/mol. The second kappa shape index (κ2) is 6.24. The minimum Gasteiger partial charge on any atom is -0.481 e. The van der Waals surface area contributed by atoms with Crippen LogP contribution in [-0.2, 0) is 14.8 Å². The van der Waals surface area contributed by atoms with Gasteiger partial charge in [-0.05, 0) is 38.0 Å². The van der Waals surface area contributed by atoms with Crippen molar-refractivity contribution in [1.29, 1.82) is 0 Å². The highest BCUT2D eigenvalue weighted by molar-refractivity contribution is 7.89. The third-order valence-electron chi connectivity index (χ3n) is 5.12. The maximum atomic E-state index is 12.8. The molecule has 21 heavy (non-hydrogen) atoms. The molecule has 1 aliphatic heterocycles. The molecule has 2 fully saturated rings. The van der Waals surface area contributed by atoms with E-state index < -0.39 is 21.9 Å². The molecule has 6 heteroatoms. The lowest BCUT2D eigenvalue weighted by molar-refractivity contribution is -0.143. The van der Waals surface area contributed by atoms with E-state index in [9.17, 15) is 13.2 Å². The number of carbonyl (C=O) groups is 1. The molecule has 0 bridgehead atoms. The summed E-state index contributed by atoms with van der Waals surface area (Å²) >= 11 is 0. The van der Waals surface area contributed by atoms with Crippen molar-refractivity contribution < 1.29 is 18.3 Å². The van der Waals surface area contributed by atoms with Gasteiger partial charge < -0.3 is 5.11 Å². The van der Waals surface area contributed by atoms with Crippen LogP contribution in [0.4, 0.5) is 0 Å². The minimum absolute atomic E-state index is 0.0854. The largest absolute Gasteiger partial charge is 0.481 e. The van der Waals surface area contributed by atoms with Gasteiger partial charge in [-0.3, -0.25) is 4.79 Å². The second-order valence-corrected chi connectivity index (χ2v) is 9.08. The van der Waals surface area contributed by atoms with Gasteiger partial charge in [-0.2, -0.15) is 4.31 Å². The van der Waals surface area contributed by atoms with Gasteiger partial charge in [0.15, 0.2) is 0 Å². The number of carboxylic acids is 1. The topological polar surface area (TPSA) is 74.7 Å². The highest BCUT2D eigenvalue weighted by Gasteiger charge is 2.40. The summed E-state index contributed by atoms with van der Waals surface area (Å²) in [6.45, 7) is 4.08. The molecule has 0 spiro atoms. The molecular formula is C15H27NO4S. The van der Waals surface area contributed by atoms with E-state index in [1.165, 1.54) is 10.7 Å². The van der Waals surface area contributed by atoms with Crippen LogP contribution in [0.15, 0.2) is 0 Å². The maximum Gasteiger partial charge on any atom is 0.307 e. The molecule has 2 unspecified atom stereocenters. The van der Waals surface area contributed by atoms with E-state index in [1.807, 2.05) is 6.92 Å². The quantitative estimate of drug-likeness (QED) is 0.864. The van der Waals surface area contributed by atoms with Crippen molar-refractivity contribution >= 4 is 16.0 Å². The number of rotatable bonds is 4. The first-order valence-corrected chi connectivity index (χ1v) is 9.57. The van der Waals surface area contributed by atoms with Crippen LogP contribution in [0.2, 0.25) is 0 Å². The van der Waals surface area contributed by atoms with Gasteiger partial charge in [0.05, 0.1) is 11.7 Å². The fourth-order valence-corrected chi connectivity index (χ4v) is 6.13. The van der Waals surface area contributed by atoms with Crippen molar-refractivity contribution in [3.05, 3.63) is 0 Å². The summed E-state index contributed by atoms with van der Waals surface area (Å²) in [6.07, 6.45) is 6.50. The zero-order valence-electron chi connectivity index (χ0n) is 13.0. The van der Waals surface area contributed by atoms with Crippen molar-refractivity contribution in [3.8, 4) is 0 Å². The number of hydrogen-bond acceptors (Lipinski definition) is 3. The average molecular weight is 317 g/mol. The lowest BCUT2D eigenvalue weighted by Gasteiger charge is -2.39. The second-order valence-electron chi connectivity index (χ2n) is 7.16. The minimum atomic E-state index is -3.39. The SMILES string of the molecule is CC1CCC(C(=O)O)CN1S(=O)(=O)CC1(C)CCCCC1. The zero-order chi connectivity index (χ0) is 15.7. The first kappa shape index (κ1) is 16.7. The number of nitrogens with zero attached hydrogens (tertiary/aromatic N) is 1. The number of hydrogen-bond donors (Lipinski definition) is 1. The summed E-state index contributed by atoms with van der Waals surface area (Å²) in [4.78, 5) is 11.2. The Bertz CT molecular complexity index is 482. The Morgan fingerprint density at radius 2 is 1.86 bits per heavy atom. The van der Waals surface area contributed by atoms with Crippen LogP contribution in [-0.4, -0.2) is 42.1 Å². The van der Waals surface area contributed by atoms with E-state index >= 15 is 0 Å². The van der Waals surface area contributed by atoms with Crippen LogP contribution < -0.4 is 0 Å². The van der Waals surface area contributed by atoms with Gasteiger partial charge >= 0.3 is 5.97 Å². The van der Waals surface area contributed by atoms with E-state index in [1.54, 1.807) is 0 Å². The van der Waals surface area contributed by atoms with Crippen molar-refractivity contribution in [2.24, 2.45) is 11.3 Å². The molecule has 122 valence electrons. The lowest BCUT2D eigenvalue weighted by atomic mass is 9.77. The van der Waals surface area contributed by atoms with Crippen molar-refractivity contribution in [1.82, 2.24) is 4.31 Å². The van der Waals surface area contributed by atoms with E-state index in [0.29, 0.717) is 12.8 Å². The summed E-state index contributed by atoms with van der Waals surface area (Å²) in [7, 11) is -3.39. The van der Waals surface area contributed by atoms with Crippen molar-refractivity contribution in [2.75, 3.05) is 12.3 Å². The van der Waals surface area contributed by atoms with Crippen molar-refractivity contribution in [2.45, 2.75) is 64.8 Å². The van der Waals surface area contributed by atoms with Crippen LogP contribution in [0, 0.1) is 11.3 Å². The number of carboxylic acid groups (broad SMARTS) is 1. The summed E-state index contributed by atoms with van der Waals surface area (Å²) in [5.74, 6) is -1.28. The first-order chi connectivity index (χ1) is 9.73. The van der Waals surface area contributed by atoms with Crippen molar-refractivity contribution in [3.63, 3.8) is 0 Å². The Morgan fingerprint density at radius 1 is 1.24 bits per heavy atom. The molecule has 0 aromatic rings. The van der Waals surface area contributed by atoms with Crippen LogP contribution >= 0.6 is 0 Å². The van der Waals surface area contributed by atoms with Gasteiger partial charge in [0.2, 0.25) is 10.0 Å². The van der Waals surface area contributed by atoms with Crippen LogP contribution in [0.5, 0.6) is 0 Å². The monoisotopic (exact) mass is 317 g/mol. The van der Waals surface area contributed by atoms with Crippen LogP contribution in [0.25, 0.3) is 0 Å². The molecule has 5 nitrogen and oxygen atoms in total. The molecule has 2 rings (SSSR count). The average Bonchev–Trinajstić information content (AvgIpc) is 2.38. The molecule has 2 aliphatic rings. The third-order valence-corrected chi connectivity index (χ3v) is 7.41.